The average Bonchev–Trinajstić information content (AvgIpc) is 2.84. The molecule has 2 N–H and O–H groups in total. The van der Waals surface area contributed by atoms with Crippen LogP contribution in [0.5, 0.6) is 0 Å². The zero-order chi connectivity index (χ0) is 22.9. The summed E-state index contributed by atoms with van der Waals surface area (Å²) < 4.78 is 5.53. The van der Waals surface area contributed by atoms with Gasteiger partial charge in [-0.25, -0.2) is 0 Å². The number of nitrogens with one attached hydrogen (secondary N) is 1. The van der Waals surface area contributed by atoms with Crippen molar-refractivity contribution in [1.82, 2.24) is 10.2 Å². The molecule has 2 heterocycles. The first-order valence-corrected chi connectivity index (χ1v) is 11.2. The summed E-state index contributed by atoms with van der Waals surface area (Å²) in [7, 11) is 0. The lowest BCUT2D eigenvalue weighted by Gasteiger charge is -2.35. The lowest BCUT2D eigenvalue weighted by molar-refractivity contribution is -0.134. The van der Waals surface area contributed by atoms with E-state index in [1.165, 1.54) is 11.3 Å². The van der Waals surface area contributed by atoms with Gasteiger partial charge in [-0.15, -0.1) is 0 Å². The van der Waals surface area contributed by atoms with Crippen LogP contribution in [0.3, 0.4) is 0 Å². The minimum Gasteiger partial charge on any atom is -0.481 e. The van der Waals surface area contributed by atoms with E-state index in [0.29, 0.717) is 19.8 Å². The number of rotatable bonds is 4. The molecular formula is C25H33N3O4. The standard InChI is InChI=1S/C23H29N3O2.C2H4O2/c1-2-21-17-28-15-14-26(21)23(27)19-8-6-18(7-9-19)20-4-3-5-22(16-20)25-12-10-24-11-13-25;1-2(3)4/h3-9,16,21,24H,2,10-15,17H2,1H3;1H3,(H,3,4). The Hall–Kier alpha value is -2.90. The van der Waals surface area contributed by atoms with E-state index >= 15 is 0 Å². The third kappa shape index (κ3) is 6.31. The molecule has 1 amide bonds. The second-order valence-corrected chi connectivity index (χ2v) is 8.02. The summed E-state index contributed by atoms with van der Waals surface area (Å²) in [6.45, 7) is 9.25. The van der Waals surface area contributed by atoms with Crippen LogP contribution in [0, 0.1) is 0 Å². The first kappa shape index (κ1) is 23.8. The van der Waals surface area contributed by atoms with Gasteiger partial charge in [0.15, 0.2) is 0 Å². The lowest BCUT2D eigenvalue weighted by atomic mass is 10.0. The minimum absolute atomic E-state index is 0.108. The van der Waals surface area contributed by atoms with Crippen LogP contribution in [0.25, 0.3) is 11.1 Å². The van der Waals surface area contributed by atoms with Crippen molar-refractivity contribution in [3.05, 3.63) is 54.1 Å². The fraction of sp³-hybridized carbons (Fsp3) is 0.440. The van der Waals surface area contributed by atoms with E-state index in [0.717, 1.165) is 50.7 Å². The molecular weight excluding hydrogens is 406 g/mol. The molecule has 7 heteroatoms. The number of benzene rings is 2. The first-order valence-electron chi connectivity index (χ1n) is 11.2. The normalized spacial score (nSPS) is 18.5. The van der Waals surface area contributed by atoms with Gasteiger partial charge in [0.25, 0.3) is 11.9 Å². The number of hydrogen-bond acceptors (Lipinski definition) is 5. The Morgan fingerprint density at radius 3 is 2.41 bits per heavy atom. The zero-order valence-corrected chi connectivity index (χ0v) is 18.9. The molecule has 0 aliphatic carbocycles. The van der Waals surface area contributed by atoms with Gasteiger partial charge in [-0.05, 0) is 41.8 Å². The van der Waals surface area contributed by atoms with Crippen molar-refractivity contribution in [2.24, 2.45) is 0 Å². The number of amides is 1. The van der Waals surface area contributed by atoms with Crippen LogP contribution in [0.15, 0.2) is 48.5 Å². The number of nitrogens with zero attached hydrogens (tertiary/aromatic N) is 2. The van der Waals surface area contributed by atoms with E-state index in [1.54, 1.807) is 0 Å². The van der Waals surface area contributed by atoms with Crippen molar-refractivity contribution in [2.75, 3.05) is 50.8 Å². The average molecular weight is 440 g/mol. The Labute approximate surface area is 190 Å². The Kier molecular flexibility index (Phi) is 8.64. The van der Waals surface area contributed by atoms with Crippen LogP contribution in [-0.2, 0) is 9.53 Å². The number of carboxylic acids is 1. The Morgan fingerprint density at radius 2 is 1.75 bits per heavy atom. The van der Waals surface area contributed by atoms with Crippen LogP contribution in [0.2, 0.25) is 0 Å². The number of carboxylic acid groups (broad SMARTS) is 1. The molecule has 32 heavy (non-hydrogen) atoms. The molecule has 2 aliphatic rings. The first-order chi connectivity index (χ1) is 15.5. The van der Waals surface area contributed by atoms with Crippen molar-refractivity contribution >= 4 is 17.6 Å². The van der Waals surface area contributed by atoms with Gasteiger partial charge >= 0.3 is 0 Å². The maximum atomic E-state index is 12.9. The quantitative estimate of drug-likeness (QED) is 0.762. The number of piperazine rings is 1. The van der Waals surface area contributed by atoms with Gasteiger partial charge in [-0.2, -0.15) is 0 Å². The molecule has 2 saturated heterocycles. The highest BCUT2D eigenvalue weighted by Crippen LogP contribution is 2.26. The Bertz CT molecular complexity index is 890. The van der Waals surface area contributed by atoms with Crippen LogP contribution in [0.4, 0.5) is 5.69 Å². The molecule has 2 aromatic rings. The van der Waals surface area contributed by atoms with Gasteiger partial charge in [0.2, 0.25) is 0 Å². The van der Waals surface area contributed by atoms with E-state index in [4.69, 9.17) is 14.6 Å². The van der Waals surface area contributed by atoms with Crippen molar-refractivity contribution in [2.45, 2.75) is 26.3 Å². The third-order valence-corrected chi connectivity index (χ3v) is 5.75. The topological polar surface area (TPSA) is 82.1 Å². The minimum atomic E-state index is -0.833. The van der Waals surface area contributed by atoms with Crippen LogP contribution in [0.1, 0.15) is 30.6 Å². The molecule has 0 saturated carbocycles. The highest BCUT2D eigenvalue weighted by molar-refractivity contribution is 5.95. The Morgan fingerprint density at radius 1 is 1.06 bits per heavy atom. The summed E-state index contributed by atoms with van der Waals surface area (Å²) >= 11 is 0. The van der Waals surface area contributed by atoms with Crippen molar-refractivity contribution in [1.29, 1.82) is 0 Å². The maximum absolute atomic E-state index is 12.9. The molecule has 7 nitrogen and oxygen atoms in total. The Balaban J connectivity index is 0.000000668. The molecule has 1 atom stereocenters. The molecule has 172 valence electrons. The van der Waals surface area contributed by atoms with Crippen LogP contribution in [-0.4, -0.2) is 73.9 Å². The van der Waals surface area contributed by atoms with E-state index in [1.807, 2.05) is 17.0 Å². The SMILES string of the molecule is CC(=O)O.CCC1COCCN1C(=O)c1ccc(-c2cccc(N3CCNCC3)c2)cc1. The predicted molar refractivity (Wildman–Crippen MR) is 126 cm³/mol. The second kappa shape index (κ2) is 11.6. The second-order valence-electron chi connectivity index (χ2n) is 8.02. The van der Waals surface area contributed by atoms with Gasteiger partial charge in [-0.3, -0.25) is 9.59 Å². The van der Waals surface area contributed by atoms with Gasteiger partial charge in [0, 0.05) is 50.9 Å². The van der Waals surface area contributed by atoms with E-state index in [9.17, 15) is 4.79 Å². The number of carbonyl (C=O) groups is 2. The molecule has 2 aromatic carbocycles. The zero-order valence-electron chi connectivity index (χ0n) is 18.9. The maximum Gasteiger partial charge on any atom is 0.300 e. The number of ether oxygens (including phenoxy) is 1. The van der Waals surface area contributed by atoms with Crippen molar-refractivity contribution in [3.63, 3.8) is 0 Å². The molecule has 0 spiro atoms. The molecule has 0 aromatic heterocycles. The monoisotopic (exact) mass is 439 g/mol. The smallest absolute Gasteiger partial charge is 0.300 e. The fourth-order valence-electron chi connectivity index (χ4n) is 4.04. The molecule has 2 fully saturated rings. The number of hydrogen-bond donors (Lipinski definition) is 2. The fourth-order valence-corrected chi connectivity index (χ4v) is 4.04. The number of anilines is 1. The van der Waals surface area contributed by atoms with Gasteiger partial charge in [-0.1, -0.05) is 31.2 Å². The number of carbonyl (C=O) groups excluding carboxylic acids is 1. The summed E-state index contributed by atoms with van der Waals surface area (Å²) in [5, 5.41) is 10.8. The number of morpholine rings is 1. The third-order valence-electron chi connectivity index (χ3n) is 5.75. The molecule has 0 bridgehead atoms. The van der Waals surface area contributed by atoms with Gasteiger partial charge in [0.05, 0.1) is 19.3 Å². The lowest BCUT2D eigenvalue weighted by Crippen LogP contribution is -2.48. The summed E-state index contributed by atoms with van der Waals surface area (Å²) in [4.78, 5) is 26.3. The van der Waals surface area contributed by atoms with Gasteiger partial charge in [0.1, 0.15) is 0 Å². The van der Waals surface area contributed by atoms with Gasteiger partial charge < -0.3 is 25.0 Å². The van der Waals surface area contributed by atoms with Crippen molar-refractivity contribution < 1.29 is 19.4 Å². The predicted octanol–water partition coefficient (Wildman–Crippen LogP) is 3.11. The van der Waals surface area contributed by atoms with Crippen LogP contribution >= 0.6 is 0 Å². The summed E-state index contributed by atoms with van der Waals surface area (Å²) in [6.07, 6.45) is 0.919. The van der Waals surface area contributed by atoms with E-state index in [2.05, 4.69) is 53.5 Å². The molecule has 4 rings (SSSR count). The highest BCUT2D eigenvalue weighted by atomic mass is 16.5. The summed E-state index contributed by atoms with van der Waals surface area (Å²) in [5.41, 5.74) is 4.34. The largest absolute Gasteiger partial charge is 0.481 e. The molecule has 2 aliphatic heterocycles. The highest BCUT2D eigenvalue weighted by Gasteiger charge is 2.26. The van der Waals surface area contributed by atoms with E-state index in [-0.39, 0.29) is 11.9 Å². The van der Waals surface area contributed by atoms with Crippen LogP contribution < -0.4 is 10.2 Å². The summed E-state index contributed by atoms with van der Waals surface area (Å²) in [5.74, 6) is -0.726. The number of aliphatic carboxylic acids is 1. The summed E-state index contributed by atoms with van der Waals surface area (Å²) in [6, 6.07) is 16.9. The van der Waals surface area contributed by atoms with Crippen molar-refractivity contribution in [3.8, 4) is 11.1 Å². The molecule has 1 unspecified atom stereocenters. The molecule has 0 radical (unpaired) electrons. The van der Waals surface area contributed by atoms with E-state index < -0.39 is 5.97 Å².